The van der Waals surface area contributed by atoms with Gasteiger partial charge in [-0.25, -0.2) is 0 Å². The van der Waals surface area contributed by atoms with Crippen LogP contribution in [-0.2, 0) is 19.5 Å². The van der Waals surface area contributed by atoms with Gasteiger partial charge in [0.05, 0.1) is 30.1 Å². The summed E-state index contributed by atoms with van der Waals surface area (Å²) in [5.41, 5.74) is 5.84. The van der Waals surface area contributed by atoms with Crippen LogP contribution in [0.5, 0.6) is 0 Å². The average Bonchev–Trinajstić information content (AvgIpc) is 3.67. The quantitative estimate of drug-likeness (QED) is 0.234. The Morgan fingerprint density at radius 2 is 2.00 bits per heavy atom. The Morgan fingerprint density at radius 1 is 1.14 bits per heavy atom. The largest absolute Gasteiger partial charge is 0.521 e. The van der Waals surface area contributed by atoms with E-state index >= 15 is 0 Å². The number of rotatable bonds is 6. The van der Waals surface area contributed by atoms with Crippen LogP contribution in [0.4, 0.5) is 10.7 Å². The SMILES string of the molecule is CCN1CCn2c(cnc2[N+]2(C(=O)O)CCC(c3cc4ccccc4[nH]c3=O)CC2CCc2cc(C)c3[nH]ncc3c2)C1. The number of H-pyrrole nitrogens is 2. The molecule has 0 spiro atoms. The highest BCUT2D eigenvalue weighted by molar-refractivity contribution is 5.82. The molecule has 10 heteroatoms. The van der Waals surface area contributed by atoms with Gasteiger partial charge >= 0.3 is 12.0 Å². The second-order valence-electron chi connectivity index (χ2n) is 12.2. The van der Waals surface area contributed by atoms with Crippen molar-refractivity contribution in [3.05, 3.63) is 87.6 Å². The van der Waals surface area contributed by atoms with Crippen LogP contribution in [-0.4, -0.2) is 66.5 Å². The number of hydrogen-bond acceptors (Lipinski definition) is 5. The minimum absolute atomic E-state index is 0.0478. The summed E-state index contributed by atoms with van der Waals surface area (Å²) in [6, 6.07) is 13.9. The Morgan fingerprint density at radius 3 is 2.84 bits per heavy atom. The van der Waals surface area contributed by atoms with Crippen molar-refractivity contribution in [3.8, 4) is 0 Å². The lowest BCUT2D eigenvalue weighted by Gasteiger charge is -2.44. The number of carboxylic acid groups (broad SMARTS) is 1. The van der Waals surface area contributed by atoms with E-state index in [0.29, 0.717) is 31.8 Å². The van der Waals surface area contributed by atoms with Crippen molar-refractivity contribution in [1.82, 2.24) is 34.1 Å². The number of imidazole rings is 1. The summed E-state index contributed by atoms with van der Waals surface area (Å²) in [6.07, 6.45) is 5.38. The first kappa shape index (κ1) is 27.5. The van der Waals surface area contributed by atoms with E-state index in [-0.39, 0.29) is 22.0 Å². The standard InChI is InChI=1S/C33H37N7O3/c1-3-38-11-12-39-26(20-38)19-34-32(39)40(33(42)43)13-10-23(28-17-24-6-4-5-7-29(24)36-31(28)41)16-27(40)9-8-22-14-21(2)30-25(15-22)18-35-37-30/h4-7,14-15,17-19,23,27H,3,8-13,16,20H2,1-2H3,(H2-,35,36,37,41,42,43)/p+1. The van der Waals surface area contributed by atoms with Crippen LogP contribution >= 0.6 is 0 Å². The molecule has 3 aromatic heterocycles. The van der Waals surface area contributed by atoms with Crippen molar-refractivity contribution >= 4 is 33.8 Å². The van der Waals surface area contributed by atoms with Crippen LogP contribution < -0.4 is 10.0 Å². The first-order chi connectivity index (χ1) is 20.9. The molecule has 1 amide bonds. The van der Waals surface area contributed by atoms with Gasteiger partial charge in [0.1, 0.15) is 6.04 Å². The Bertz CT molecular complexity index is 1890. The molecule has 222 valence electrons. The number of fused-ring (bicyclic) bond motifs is 3. The highest BCUT2D eigenvalue weighted by atomic mass is 16.4. The molecule has 1 fully saturated rings. The fraction of sp³-hybridized carbons (Fsp3) is 0.394. The smallest absolute Gasteiger partial charge is 0.435 e. The Balaban J connectivity index is 1.28. The van der Waals surface area contributed by atoms with E-state index in [0.717, 1.165) is 76.8 Å². The molecule has 3 atom stereocenters. The number of hydrogen-bond donors (Lipinski definition) is 3. The lowest BCUT2D eigenvalue weighted by Crippen LogP contribution is -2.65. The number of aryl methyl sites for hydroxylation is 2. The summed E-state index contributed by atoms with van der Waals surface area (Å²) in [6.45, 7) is 7.91. The zero-order valence-corrected chi connectivity index (χ0v) is 24.7. The molecule has 5 aromatic rings. The van der Waals surface area contributed by atoms with Gasteiger partial charge in [0.25, 0.3) is 5.56 Å². The fourth-order valence-corrected chi connectivity index (χ4v) is 7.55. The van der Waals surface area contributed by atoms with Crippen molar-refractivity contribution in [2.24, 2.45) is 0 Å². The second-order valence-corrected chi connectivity index (χ2v) is 12.2. The second kappa shape index (κ2) is 10.8. The molecular weight excluding hydrogens is 542 g/mol. The van der Waals surface area contributed by atoms with Gasteiger partial charge in [-0.2, -0.15) is 19.4 Å². The van der Waals surface area contributed by atoms with Gasteiger partial charge in [-0.15, -0.1) is 0 Å². The zero-order chi connectivity index (χ0) is 29.7. The number of para-hydroxylation sites is 1. The number of piperidine rings is 1. The molecule has 3 unspecified atom stereocenters. The molecule has 0 bridgehead atoms. The van der Waals surface area contributed by atoms with Gasteiger partial charge in [0.2, 0.25) is 0 Å². The summed E-state index contributed by atoms with van der Waals surface area (Å²) >= 11 is 0. The van der Waals surface area contributed by atoms with Crippen LogP contribution in [0.25, 0.3) is 21.8 Å². The van der Waals surface area contributed by atoms with E-state index < -0.39 is 6.09 Å². The van der Waals surface area contributed by atoms with Crippen LogP contribution in [0.2, 0.25) is 0 Å². The van der Waals surface area contributed by atoms with E-state index in [9.17, 15) is 14.7 Å². The van der Waals surface area contributed by atoms with E-state index in [1.54, 1.807) is 0 Å². The molecule has 2 aromatic carbocycles. The molecular formula is C33H38N7O3+. The van der Waals surface area contributed by atoms with E-state index in [1.807, 2.05) is 42.7 Å². The van der Waals surface area contributed by atoms with Gasteiger partial charge in [0.15, 0.2) is 0 Å². The molecule has 2 aliphatic heterocycles. The summed E-state index contributed by atoms with van der Waals surface area (Å²) < 4.78 is 1.94. The minimum Gasteiger partial charge on any atom is -0.435 e. The number of benzene rings is 2. The summed E-state index contributed by atoms with van der Waals surface area (Å²) in [7, 11) is 0. The fourth-order valence-electron chi connectivity index (χ4n) is 7.55. The number of aromatic amines is 2. The van der Waals surface area contributed by atoms with E-state index in [2.05, 4.69) is 50.6 Å². The van der Waals surface area contributed by atoms with Crippen molar-refractivity contribution < 1.29 is 9.90 Å². The third-order valence-corrected chi connectivity index (χ3v) is 9.89. The number of aromatic nitrogens is 5. The molecule has 2 aliphatic rings. The third kappa shape index (κ3) is 4.65. The lowest BCUT2D eigenvalue weighted by atomic mass is 9.82. The van der Waals surface area contributed by atoms with Crippen molar-refractivity contribution in [2.45, 2.75) is 64.6 Å². The number of amides is 1. The number of nitrogens with one attached hydrogen (secondary N) is 2. The lowest BCUT2D eigenvalue weighted by molar-refractivity contribution is 0.0913. The van der Waals surface area contributed by atoms with E-state index in [1.165, 1.54) is 0 Å². The first-order valence-corrected chi connectivity index (χ1v) is 15.3. The van der Waals surface area contributed by atoms with Crippen molar-refractivity contribution in [1.29, 1.82) is 0 Å². The van der Waals surface area contributed by atoms with Gasteiger partial charge in [-0.05, 0) is 54.6 Å². The average molecular weight is 581 g/mol. The molecule has 43 heavy (non-hydrogen) atoms. The maximum atomic E-state index is 13.5. The van der Waals surface area contributed by atoms with Crippen LogP contribution in [0, 0.1) is 6.92 Å². The van der Waals surface area contributed by atoms with Crippen molar-refractivity contribution in [2.75, 3.05) is 19.6 Å². The van der Waals surface area contributed by atoms with Crippen LogP contribution in [0.3, 0.4) is 0 Å². The number of pyridine rings is 1. The maximum absolute atomic E-state index is 13.5. The van der Waals surface area contributed by atoms with Gasteiger partial charge in [-0.1, -0.05) is 31.2 Å². The topological polar surface area (TPSA) is 120 Å². The molecule has 0 radical (unpaired) electrons. The normalized spacial score (nSPS) is 22.7. The number of likely N-dealkylation sites (tertiary alicyclic amines) is 1. The number of quaternary nitrogens is 1. The maximum Gasteiger partial charge on any atom is 0.521 e. The molecule has 5 heterocycles. The van der Waals surface area contributed by atoms with Crippen molar-refractivity contribution in [3.63, 3.8) is 0 Å². The Hall–Kier alpha value is -4.28. The third-order valence-electron chi connectivity index (χ3n) is 9.89. The van der Waals surface area contributed by atoms with Gasteiger partial charge in [0, 0.05) is 61.3 Å². The monoisotopic (exact) mass is 580 g/mol. The molecule has 7 rings (SSSR count). The van der Waals surface area contributed by atoms with Crippen LogP contribution in [0.1, 0.15) is 54.5 Å². The molecule has 1 saturated heterocycles. The number of nitrogens with zero attached hydrogens (tertiary/aromatic N) is 5. The summed E-state index contributed by atoms with van der Waals surface area (Å²) in [5.74, 6) is 0.573. The van der Waals surface area contributed by atoms with E-state index in [4.69, 9.17) is 4.98 Å². The highest BCUT2D eigenvalue weighted by Crippen LogP contribution is 2.42. The van der Waals surface area contributed by atoms with Crippen LogP contribution in [0.15, 0.2) is 59.7 Å². The highest BCUT2D eigenvalue weighted by Gasteiger charge is 2.54. The molecule has 0 aliphatic carbocycles. The van der Waals surface area contributed by atoms with Gasteiger partial charge in [-0.3, -0.25) is 19.4 Å². The first-order valence-electron chi connectivity index (χ1n) is 15.3. The molecule has 3 N–H and O–H groups in total. The zero-order valence-electron chi connectivity index (χ0n) is 24.7. The summed E-state index contributed by atoms with van der Waals surface area (Å²) in [4.78, 5) is 37.1. The predicted molar refractivity (Wildman–Crippen MR) is 167 cm³/mol. The molecule has 10 nitrogen and oxygen atoms in total. The number of likely N-dealkylation sites (N-methyl/N-ethyl adjacent to an activating group) is 1. The van der Waals surface area contributed by atoms with Gasteiger partial charge < -0.3 is 10.1 Å². The Labute approximate surface area is 249 Å². The molecule has 0 saturated carbocycles. The summed E-state index contributed by atoms with van der Waals surface area (Å²) in [5, 5.41) is 20.4. The predicted octanol–water partition coefficient (Wildman–Crippen LogP) is 5.31. The Kier molecular flexibility index (Phi) is 6.90. The minimum atomic E-state index is -0.872. The number of carbonyl (C=O) groups is 1.